The van der Waals surface area contributed by atoms with E-state index in [1.807, 2.05) is 48.5 Å². The van der Waals surface area contributed by atoms with Crippen molar-refractivity contribution in [1.82, 2.24) is 10.6 Å². The number of aliphatic carboxylic acids is 1. The van der Waals surface area contributed by atoms with Crippen molar-refractivity contribution >= 4 is 18.0 Å². The molecule has 170 valence electrons. The first-order chi connectivity index (χ1) is 15.3. The zero-order valence-corrected chi connectivity index (χ0v) is 17.4. The molecule has 0 heterocycles. The fraction of sp³-hybridized carbons (Fsp3) is 0.348. The number of halogens is 2. The summed E-state index contributed by atoms with van der Waals surface area (Å²) in [7, 11) is 0. The van der Waals surface area contributed by atoms with Gasteiger partial charge in [-0.15, -0.1) is 0 Å². The Hall–Kier alpha value is -3.49. The lowest BCUT2D eigenvalue weighted by molar-refractivity contribution is -0.140. The normalized spacial score (nSPS) is 14.2. The van der Waals surface area contributed by atoms with Gasteiger partial charge < -0.3 is 20.5 Å². The summed E-state index contributed by atoms with van der Waals surface area (Å²) in [5.41, 5.74) is 4.10. The number of benzene rings is 2. The minimum Gasteiger partial charge on any atom is -0.481 e. The van der Waals surface area contributed by atoms with Crippen LogP contribution >= 0.6 is 0 Å². The van der Waals surface area contributed by atoms with E-state index in [1.54, 1.807) is 0 Å². The van der Waals surface area contributed by atoms with Crippen molar-refractivity contribution < 1.29 is 33.0 Å². The molecule has 0 saturated carbocycles. The van der Waals surface area contributed by atoms with Crippen LogP contribution in [-0.2, 0) is 14.3 Å². The quantitative estimate of drug-likeness (QED) is 0.547. The molecular weight excluding hydrogens is 422 g/mol. The Morgan fingerprint density at radius 1 is 1.00 bits per heavy atom. The number of ether oxygens (including phenoxy) is 1. The molecule has 0 saturated heterocycles. The summed E-state index contributed by atoms with van der Waals surface area (Å²) in [6, 6.07) is 13.2. The Labute approximate surface area is 183 Å². The molecular formula is C23H24F2N2O5. The predicted molar refractivity (Wildman–Crippen MR) is 112 cm³/mol. The molecule has 2 atom stereocenters. The van der Waals surface area contributed by atoms with Crippen LogP contribution in [0.15, 0.2) is 48.5 Å². The molecule has 7 nitrogen and oxygen atoms in total. The minimum absolute atomic E-state index is 0.0109. The van der Waals surface area contributed by atoms with Gasteiger partial charge in [0.05, 0.1) is 6.42 Å². The molecule has 0 aromatic heterocycles. The number of alkyl halides is 2. The van der Waals surface area contributed by atoms with E-state index in [0.717, 1.165) is 22.3 Å². The monoisotopic (exact) mass is 446 g/mol. The maximum Gasteiger partial charge on any atom is 0.407 e. The van der Waals surface area contributed by atoms with Crippen molar-refractivity contribution in [3.05, 3.63) is 59.7 Å². The number of hydrogen-bond donors (Lipinski definition) is 3. The van der Waals surface area contributed by atoms with Gasteiger partial charge in [0.15, 0.2) is 0 Å². The fourth-order valence-electron chi connectivity index (χ4n) is 3.84. The van der Waals surface area contributed by atoms with Gasteiger partial charge >= 0.3 is 12.1 Å². The summed E-state index contributed by atoms with van der Waals surface area (Å²) in [5, 5.41) is 13.6. The van der Waals surface area contributed by atoms with Crippen LogP contribution in [0.4, 0.5) is 13.6 Å². The highest BCUT2D eigenvalue weighted by Crippen LogP contribution is 2.44. The van der Waals surface area contributed by atoms with Gasteiger partial charge in [0.1, 0.15) is 12.6 Å². The third kappa shape index (κ3) is 5.60. The van der Waals surface area contributed by atoms with E-state index in [0.29, 0.717) is 0 Å². The number of carbonyl (C=O) groups excluding carboxylic acids is 2. The zero-order chi connectivity index (χ0) is 23.3. The smallest absolute Gasteiger partial charge is 0.407 e. The number of fused-ring (bicyclic) bond motifs is 3. The topological polar surface area (TPSA) is 105 Å². The van der Waals surface area contributed by atoms with Gasteiger partial charge in [-0.3, -0.25) is 9.59 Å². The maximum atomic E-state index is 12.5. The van der Waals surface area contributed by atoms with Crippen molar-refractivity contribution in [3.63, 3.8) is 0 Å². The molecule has 0 spiro atoms. The van der Waals surface area contributed by atoms with Crippen LogP contribution in [0.5, 0.6) is 0 Å². The molecule has 0 bridgehead atoms. The van der Waals surface area contributed by atoms with E-state index in [2.05, 4.69) is 10.6 Å². The average molecular weight is 446 g/mol. The second kappa shape index (κ2) is 10.2. The largest absolute Gasteiger partial charge is 0.481 e. The van der Waals surface area contributed by atoms with Gasteiger partial charge in [0, 0.05) is 18.4 Å². The molecule has 0 fully saturated rings. The van der Waals surface area contributed by atoms with Crippen LogP contribution in [0, 0.1) is 0 Å². The summed E-state index contributed by atoms with van der Waals surface area (Å²) in [5.74, 6) is -2.40. The molecule has 0 aliphatic heterocycles. The SMILES string of the molecule is CC(CC(F)F)NC(=O)C(CC(=O)O)NC(=O)OCC1c2ccccc2-c2ccccc21. The van der Waals surface area contributed by atoms with Crippen molar-refractivity contribution in [2.45, 2.75) is 44.2 Å². The number of hydrogen-bond acceptors (Lipinski definition) is 4. The van der Waals surface area contributed by atoms with E-state index < -0.39 is 49.3 Å². The van der Waals surface area contributed by atoms with E-state index in [4.69, 9.17) is 9.84 Å². The molecule has 3 N–H and O–H groups in total. The third-order valence-corrected chi connectivity index (χ3v) is 5.25. The summed E-state index contributed by atoms with van der Waals surface area (Å²) in [4.78, 5) is 35.8. The Morgan fingerprint density at radius 2 is 1.56 bits per heavy atom. The lowest BCUT2D eigenvalue weighted by atomic mass is 9.98. The van der Waals surface area contributed by atoms with Gasteiger partial charge in [0.2, 0.25) is 12.3 Å². The molecule has 3 rings (SSSR count). The molecule has 2 unspecified atom stereocenters. The van der Waals surface area contributed by atoms with Crippen LogP contribution in [-0.4, -0.2) is 48.2 Å². The first-order valence-corrected chi connectivity index (χ1v) is 10.2. The Kier molecular flexibility index (Phi) is 7.40. The molecule has 0 radical (unpaired) electrons. The molecule has 2 aromatic carbocycles. The van der Waals surface area contributed by atoms with E-state index >= 15 is 0 Å². The number of carboxylic acids is 1. The maximum absolute atomic E-state index is 12.5. The van der Waals surface area contributed by atoms with Crippen LogP contribution in [0.3, 0.4) is 0 Å². The molecule has 2 aromatic rings. The highest BCUT2D eigenvalue weighted by atomic mass is 19.3. The second-order valence-electron chi connectivity index (χ2n) is 7.66. The molecule has 32 heavy (non-hydrogen) atoms. The first kappa shape index (κ1) is 23.2. The second-order valence-corrected chi connectivity index (χ2v) is 7.66. The number of carboxylic acid groups (broad SMARTS) is 1. The number of rotatable bonds is 9. The Balaban J connectivity index is 1.64. The van der Waals surface area contributed by atoms with Crippen LogP contribution in [0.1, 0.15) is 36.8 Å². The summed E-state index contributed by atoms with van der Waals surface area (Å²) < 4.78 is 30.3. The van der Waals surface area contributed by atoms with Crippen molar-refractivity contribution in [3.8, 4) is 11.1 Å². The van der Waals surface area contributed by atoms with Gasteiger partial charge in [-0.1, -0.05) is 48.5 Å². The summed E-state index contributed by atoms with van der Waals surface area (Å²) in [6.07, 6.45) is -4.89. The Bertz CT molecular complexity index is 952. The van der Waals surface area contributed by atoms with Gasteiger partial charge in [-0.2, -0.15) is 0 Å². The summed E-state index contributed by atoms with van der Waals surface area (Å²) in [6.45, 7) is 1.36. The van der Waals surface area contributed by atoms with Crippen molar-refractivity contribution in [2.24, 2.45) is 0 Å². The molecule has 9 heteroatoms. The highest BCUT2D eigenvalue weighted by Gasteiger charge is 2.30. The lowest BCUT2D eigenvalue weighted by Crippen LogP contribution is -2.50. The van der Waals surface area contributed by atoms with Gasteiger partial charge in [-0.05, 0) is 29.2 Å². The molecule has 2 amide bonds. The average Bonchev–Trinajstić information content (AvgIpc) is 3.04. The highest BCUT2D eigenvalue weighted by molar-refractivity contribution is 5.89. The number of nitrogens with one attached hydrogen (secondary N) is 2. The zero-order valence-electron chi connectivity index (χ0n) is 17.4. The molecule has 1 aliphatic carbocycles. The van der Waals surface area contributed by atoms with E-state index in [9.17, 15) is 23.2 Å². The van der Waals surface area contributed by atoms with Gasteiger partial charge in [0.25, 0.3) is 0 Å². The molecule has 1 aliphatic rings. The Morgan fingerprint density at radius 3 is 2.09 bits per heavy atom. The number of alkyl carbamates (subject to hydrolysis) is 1. The fourth-order valence-corrected chi connectivity index (χ4v) is 3.84. The lowest BCUT2D eigenvalue weighted by Gasteiger charge is -2.21. The van der Waals surface area contributed by atoms with E-state index in [1.165, 1.54) is 6.92 Å². The first-order valence-electron chi connectivity index (χ1n) is 10.2. The van der Waals surface area contributed by atoms with Crippen LogP contribution in [0.2, 0.25) is 0 Å². The van der Waals surface area contributed by atoms with E-state index in [-0.39, 0.29) is 12.5 Å². The number of amides is 2. The number of carbonyl (C=O) groups is 3. The van der Waals surface area contributed by atoms with Gasteiger partial charge in [-0.25, -0.2) is 13.6 Å². The third-order valence-electron chi connectivity index (χ3n) is 5.25. The van der Waals surface area contributed by atoms with Crippen LogP contribution in [0.25, 0.3) is 11.1 Å². The minimum atomic E-state index is -2.63. The predicted octanol–water partition coefficient (Wildman–Crippen LogP) is 3.53. The van der Waals surface area contributed by atoms with Crippen molar-refractivity contribution in [1.29, 1.82) is 0 Å². The van der Waals surface area contributed by atoms with Crippen molar-refractivity contribution in [2.75, 3.05) is 6.61 Å². The summed E-state index contributed by atoms with van der Waals surface area (Å²) >= 11 is 0. The van der Waals surface area contributed by atoms with Crippen LogP contribution < -0.4 is 10.6 Å². The standard InChI is InChI=1S/C23H24F2N2O5/c1-13(10-20(24)25)26-22(30)19(11-21(28)29)27-23(31)32-12-18-16-8-4-2-6-14(16)15-7-3-5-9-17(15)18/h2-9,13,18-20H,10-12H2,1H3,(H,26,30)(H,27,31)(H,28,29).